The summed E-state index contributed by atoms with van der Waals surface area (Å²) >= 11 is 0. The van der Waals surface area contributed by atoms with Crippen LogP contribution in [-0.4, -0.2) is 23.2 Å². The van der Waals surface area contributed by atoms with Gasteiger partial charge in [-0.05, 0) is 24.6 Å². The normalized spacial score (nSPS) is 10.7. The van der Waals surface area contributed by atoms with Crippen molar-refractivity contribution in [1.82, 2.24) is 4.98 Å². The van der Waals surface area contributed by atoms with Gasteiger partial charge in [0, 0.05) is 35.8 Å². The molecule has 0 aliphatic rings. The molecule has 0 radical (unpaired) electrons. The number of anilines is 2. The molecule has 4 nitrogen and oxygen atoms in total. The highest BCUT2D eigenvalue weighted by atomic mass is 19.1. The third-order valence-electron chi connectivity index (χ3n) is 2.50. The second-order valence-corrected chi connectivity index (χ2v) is 3.75. The van der Waals surface area contributed by atoms with E-state index in [0.717, 1.165) is 5.39 Å². The van der Waals surface area contributed by atoms with Crippen molar-refractivity contribution < 1.29 is 9.50 Å². The zero-order valence-electron chi connectivity index (χ0n) is 9.28. The standard InChI is InChI=1S/C12H14FN3O/c13-8-6-10-9(11(14)7-8)2-4-16-12(10)15-3-1-5-17/h2,4,6-7,17H,1,3,5,14H2,(H,15,16). The predicted molar refractivity (Wildman–Crippen MR) is 66.3 cm³/mol. The van der Waals surface area contributed by atoms with Gasteiger partial charge in [-0.1, -0.05) is 0 Å². The number of aliphatic hydroxyl groups is 1. The van der Waals surface area contributed by atoms with E-state index >= 15 is 0 Å². The number of nitrogens with one attached hydrogen (secondary N) is 1. The molecular formula is C12H14FN3O. The van der Waals surface area contributed by atoms with Crippen LogP contribution in [0.2, 0.25) is 0 Å². The van der Waals surface area contributed by atoms with E-state index in [4.69, 9.17) is 10.8 Å². The molecule has 0 unspecified atom stereocenters. The first-order chi connectivity index (χ1) is 8.22. The van der Waals surface area contributed by atoms with Crippen molar-refractivity contribution >= 4 is 22.3 Å². The molecule has 2 rings (SSSR count). The van der Waals surface area contributed by atoms with Crippen LogP contribution < -0.4 is 11.1 Å². The lowest BCUT2D eigenvalue weighted by atomic mass is 10.1. The number of aromatic nitrogens is 1. The number of hydrogen-bond acceptors (Lipinski definition) is 4. The zero-order valence-corrected chi connectivity index (χ0v) is 9.28. The van der Waals surface area contributed by atoms with Crippen LogP contribution in [0.4, 0.5) is 15.9 Å². The van der Waals surface area contributed by atoms with Gasteiger partial charge in [0.15, 0.2) is 0 Å². The molecule has 0 atom stereocenters. The molecule has 0 fully saturated rings. The number of rotatable bonds is 4. The Hall–Kier alpha value is -1.88. The third-order valence-corrected chi connectivity index (χ3v) is 2.50. The van der Waals surface area contributed by atoms with Gasteiger partial charge >= 0.3 is 0 Å². The van der Waals surface area contributed by atoms with Crippen LogP contribution >= 0.6 is 0 Å². The lowest BCUT2D eigenvalue weighted by Crippen LogP contribution is -2.05. The molecule has 0 saturated heterocycles. The van der Waals surface area contributed by atoms with Crippen LogP contribution in [0, 0.1) is 5.82 Å². The minimum Gasteiger partial charge on any atom is -0.398 e. The Bertz CT molecular complexity index is 530. The number of benzene rings is 1. The summed E-state index contributed by atoms with van der Waals surface area (Å²) in [5, 5.41) is 13.2. The lowest BCUT2D eigenvalue weighted by Gasteiger charge is -2.09. The van der Waals surface area contributed by atoms with Crippen LogP contribution in [0.5, 0.6) is 0 Å². The largest absolute Gasteiger partial charge is 0.398 e. The smallest absolute Gasteiger partial charge is 0.133 e. The summed E-state index contributed by atoms with van der Waals surface area (Å²) in [6, 6.07) is 4.45. The molecule has 0 saturated carbocycles. The highest BCUT2D eigenvalue weighted by Gasteiger charge is 2.06. The van der Waals surface area contributed by atoms with E-state index in [2.05, 4.69) is 10.3 Å². The predicted octanol–water partition coefficient (Wildman–Crippen LogP) is 1.75. The summed E-state index contributed by atoms with van der Waals surface area (Å²) in [6.07, 6.45) is 2.24. The van der Waals surface area contributed by atoms with Gasteiger partial charge in [-0.15, -0.1) is 0 Å². The fraction of sp³-hybridized carbons (Fsp3) is 0.250. The quantitative estimate of drug-likeness (QED) is 0.557. The van der Waals surface area contributed by atoms with E-state index in [9.17, 15) is 4.39 Å². The number of hydrogen-bond donors (Lipinski definition) is 3. The van der Waals surface area contributed by atoms with Gasteiger partial charge in [0.25, 0.3) is 0 Å². The molecule has 0 spiro atoms. The van der Waals surface area contributed by atoms with E-state index in [1.54, 1.807) is 12.3 Å². The first-order valence-corrected chi connectivity index (χ1v) is 5.41. The fourth-order valence-corrected chi connectivity index (χ4v) is 1.70. The van der Waals surface area contributed by atoms with Crippen molar-refractivity contribution in [3.8, 4) is 0 Å². The maximum Gasteiger partial charge on any atom is 0.133 e. The van der Waals surface area contributed by atoms with E-state index in [1.807, 2.05) is 0 Å². The summed E-state index contributed by atoms with van der Waals surface area (Å²) in [4.78, 5) is 4.15. The van der Waals surface area contributed by atoms with Gasteiger partial charge in [-0.2, -0.15) is 0 Å². The number of nitrogens with two attached hydrogens (primary N) is 1. The van der Waals surface area contributed by atoms with Gasteiger partial charge < -0.3 is 16.2 Å². The van der Waals surface area contributed by atoms with Crippen molar-refractivity contribution in [2.24, 2.45) is 0 Å². The van der Waals surface area contributed by atoms with Crippen molar-refractivity contribution in [2.45, 2.75) is 6.42 Å². The van der Waals surface area contributed by atoms with Gasteiger partial charge in [0.1, 0.15) is 11.6 Å². The number of halogens is 1. The minimum atomic E-state index is -0.381. The molecule has 0 bridgehead atoms. The number of nitrogens with zero attached hydrogens (tertiary/aromatic N) is 1. The Balaban J connectivity index is 2.42. The first-order valence-electron chi connectivity index (χ1n) is 5.41. The van der Waals surface area contributed by atoms with Gasteiger partial charge in [-0.25, -0.2) is 9.37 Å². The van der Waals surface area contributed by atoms with Crippen molar-refractivity contribution in [1.29, 1.82) is 0 Å². The zero-order chi connectivity index (χ0) is 12.3. The van der Waals surface area contributed by atoms with Crippen molar-refractivity contribution in [3.63, 3.8) is 0 Å². The highest BCUT2D eigenvalue weighted by Crippen LogP contribution is 2.27. The number of fused-ring (bicyclic) bond motifs is 1. The van der Waals surface area contributed by atoms with Gasteiger partial charge in [0.05, 0.1) is 0 Å². The minimum absolute atomic E-state index is 0.105. The van der Waals surface area contributed by atoms with Gasteiger partial charge in [-0.3, -0.25) is 0 Å². The molecule has 2 aromatic rings. The summed E-state index contributed by atoms with van der Waals surface area (Å²) in [6.45, 7) is 0.688. The van der Waals surface area contributed by atoms with E-state index in [0.29, 0.717) is 29.9 Å². The second-order valence-electron chi connectivity index (χ2n) is 3.75. The monoisotopic (exact) mass is 235 g/mol. The molecule has 1 aromatic carbocycles. The second kappa shape index (κ2) is 4.97. The average Bonchev–Trinajstić information content (AvgIpc) is 2.30. The molecule has 1 heterocycles. The Morgan fingerprint density at radius 3 is 2.94 bits per heavy atom. The molecule has 17 heavy (non-hydrogen) atoms. The average molecular weight is 235 g/mol. The Morgan fingerprint density at radius 2 is 2.18 bits per heavy atom. The van der Waals surface area contributed by atoms with E-state index < -0.39 is 0 Å². The van der Waals surface area contributed by atoms with Crippen LogP contribution in [0.25, 0.3) is 10.8 Å². The Morgan fingerprint density at radius 1 is 1.35 bits per heavy atom. The lowest BCUT2D eigenvalue weighted by molar-refractivity contribution is 0.292. The summed E-state index contributed by atoms with van der Waals surface area (Å²) in [5.41, 5.74) is 6.14. The highest BCUT2D eigenvalue weighted by molar-refractivity contribution is 5.99. The van der Waals surface area contributed by atoms with Crippen molar-refractivity contribution in [2.75, 3.05) is 24.2 Å². The molecule has 4 N–H and O–H groups in total. The summed E-state index contributed by atoms with van der Waals surface area (Å²) < 4.78 is 13.3. The number of aliphatic hydroxyl groups excluding tert-OH is 1. The van der Waals surface area contributed by atoms with Crippen molar-refractivity contribution in [3.05, 3.63) is 30.2 Å². The van der Waals surface area contributed by atoms with Crippen LogP contribution in [-0.2, 0) is 0 Å². The van der Waals surface area contributed by atoms with Crippen LogP contribution in [0.3, 0.4) is 0 Å². The number of pyridine rings is 1. The molecule has 0 aliphatic heterocycles. The molecule has 0 amide bonds. The molecule has 1 aromatic heterocycles. The topological polar surface area (TPSA) is 71.2 Å². The number of nitrogen functional groups attached to an aromatic ring is 1. The van der Waals surface area contributed by atoms with Crippen LogP contribution in [0.15, 0.2) is 24.4 Å². The molecule has 90 valence electrons. The molecule has 5 heteroatoms. The van der Waals surface area contributed by atoms with E-state index in [-0.39, 0.29) is 12.4 Å². The van der Waals surface area contributed by atoms with E-state index in [1.165, 1.54) is 12.1 Å². The maximum absolute atomic E-state index is 13.3. The molecular weight excluding hydrogens is 221 g/mol. The first kappa shape index (κ1) is 11.6. The molecule has 0 aliphatic carbocycles. The van der Waals surface area contributed by atoms with Gasteiger partial charge in [0.2, 0.25) is 0 Å². The maximum atomic E-state index is 13.3. The fourth-order valence-electron chi connectivity index (χ4n) is 1.70. The SMILES string of the molecule is Nc1cc(F)cc2c(NCCCO)nccc12. The Labute approximate surface area is 98.3 Å². The van der Waals surface area contributed by atoms with Crippen LogP contribution in [0.1, 0.15) is 6.42 Å². The Kier molecular flexibility index (Phi) is 3.39. The summed E-state index contributed by atoms with van der Waals surface area (Å²) in [5.74, 6) is 0.204. The third kappa shape index (κ3) is 2.45. The summed E-state index contributed by atoms with van der Waals surface area (Å²) in [7, 11) is 0.